The predicted molar refractivity (Wildman–Crippen MR) is 125 cm³/mol. The highest BCUT2D eigenvalue weighted by Gasteiger charge is 2.24. The number of nitrogen functional groups attached to an aromatic ring is 1. The zero-order valence-corrected chi connectivity index (χ0v) is 18.5. The maximum atomic E-state index is 12.7. The number of hydrogen-bond donors (Lipinski definition) is 2. The van der Waals surface area contributed by atoms with Crippen molar-refractivity contribution in [2.24, 2.45) is 0 Å². The molecule has 32 heavy (non-hydrogen) atoms. The van der Waals surface area contributed by atoms with Gasteiger partial charge in [-0.3, -0.25) is 9.59 Å². The molecule has 8 nitrogen and oxygen atoms in total. The van der Waals surface area contributed by atoms with Crippen LogP contribution in [-0.4, -0.2) is 81.1 Å². The van der Waals surface area contributed by atoms with E-state index >= 15 is 0 Å². The number of amides is 2. The SMILES string of the molecule is COc1ccc(CC(=O)N2CCN(c3ccc(C(=O)N4CCNCC4)cc3N)CC2)cc1. The minimum atomic E-state index is 0.0266. The number of nitrogens with one attached hydrogen (secondary N) is 1. The lowest BCUT2D eigenvalue weighted by molar-refractivity contribution is -0.130. The number of piperazine rings is 2. The molecule has 2 amide bonds. The Bertz CT molecular complexity index is 949. The first kappa shape index (κ1) is 22.0. The van der Waals surface area contributed by atoms with Crippen molar-refractivity contribution >= 4 is 23.2 Å². The molecule has 4 rings (SSSR count). The molecule has 2 aromatic carbocycles. The number of carbonyl (C=O) groups is 2. The van der Waals surface area contributed by atoms with Crippen LogP contribution in [0.5, 0.6) is 5.75 Å². The largest absolute Gasteiger partial charge is 0.497 e. The van der Waals surface area contributed by atoms with Crippen molar-refractivity contribution in [3.63, 3.8) is 0 Å². The van der Waals surface area contributed by atoms with Crippen molar-refractivity contribution in [2.75, 3.05) is 70.1 Å². The first-order valence-corrected chi connectivity index (χ1v) is 11.1. The summed E-state index contributed by atoms with van der Waals surface area (Å²) < 4.78 is 5.17. The predicted octanol–water partition coefficient (Wildman–Crippen LogP) is 1.21. The van der Waals surface area contributed by atoms with Crippen molar-refractivity contribution in [3.05, 3.63) is 53.6 Å². The fraction of sp³-hybridized carbons (Fsp3) is 0.417. The maximum absolute atomic E-state index is 12.7. The van der Waals surface area contributed by atoms with Crippen LogP contribution in [0.4, 0.5) is 11.4 Å². The van der Waals surface area contributed by atoms with Crippen LogP contribution in [-0.2, 0) is 11.2 Å². The molecule has 2 aromatic rings. The van der Waals surface area contributed by atoms with E-state index < -0.39 is 0 Å². The molecule has 8 heteroatoms. The first-order valence-electron chi connectivity index (χ1n) is 11.1. The van der Waals surface area contributed by atoms with E-state index in [1.54, 1.807) is 13.2 Å². The second-order valence-corrected chi connectivity index (χ2v) is 8.21. The third kappa shape index (κ3) is 4.96. The molecule has 0 spiro atoms. The molecule has 0 atom stereocenters. The van der Waals surface area contributed by atoms with Gasteiger partial charge in [-0.1, -0.05) is 12.1 Å². The number of nitrogens with zero attached hydrogens (tertiary/aromatic N) is 3. The summed E-state index contributed by atoms with van der Waals surface area (Å²) in [4.78, 5) is 31.4. The summed E-state index contributed by atoms with van der Waals surface area (Å²) in [6.07, 6.45) is 0.384. The van der Waals surface area contributed by atoms with Gasteiger partial charge in [0, 0.05) is 57.9 Å². The second kappa shape index (κ2) is 9.91. The quantitative estimate of drug-likeness (QED) is 0.684. The third-order valence-electron chi connectivity index (χ3n) is 6.17. The number of carbonyl (C=O) groups excluding carboxylic acids is 2. The van der Waals surface area contributed by atoms with Gasteiger partial charge in [0.15, 0.2) is 0 Å². The van der Waals surface area contributed by atoms with Crippen molar-refractivity contribution < 1.29 is 14.3 Å². The summed E-state index contributed by atoms with van der Waals surface area (Å²) in [6.45, 7) is 5.79. The number of benzene rings is 2. The fourth-order valence-electron chi connectivity index (χ4n) is 4.25. The zero-order valence-electron chi connectivity index (χ0n) is 18.5. The third-order valence-corrected chi connectivity index (χ3v) is 6.17. The van der Waals surface area contributed by atoms with E-state index in [-0.39, 0.29) is 11.8 Å². The van der Waals surface area contributed by atoms with Gasteiger partial charge >= 0.3 is 0 Å². The average Bonchev–Trinajstić information content (AvgIpc) is 2.84. The van der Waals surface area contributed by atoms with Gasteiger partial charge in [-0.05, 0) is 35.9 Å². The summed E-state index contributed by atoms with van der Waals surface area (Å²) >= 11 is 0. The molecular weight excluding hydrogens is 406 g/mol. The van der Waals surface area contributed by atoms with Crippen LogP contribution >= 0.6 is 0 Å². The van der Waals surface area contributed by atoms with Crippen LogP contribution in [0.2, 0.25) is 0 Å². The van der Waals surface area contributed by atoms with Gasteiger partial charge in [-0.2, -0.15) is 0 Å². The Kier molecular flexibility index (Phi) is 6.80. The van der Waals surface area contributed by atoms with Gasteiger partial charge in [-0.25, -0.2) is 0 Å². The molecule has 0 aliphatic carbocycles. The van der Waals surface area contributed by atoms with Gasteiger partial charge in [0.2, 0.25) is 5.91 Å². The molecule has 2 fully saturated rings. The molecule has 3 N–H and O–H groups in total. The number of ether oxygens (including phenoxy) is 1. The fourth-order valence-corrected chi connectivity index (χ4v) is 4.25. The Morgan fingerprint density at radius 1 is 0.938 bits per heavy atom. The Labute approximate surface area is 188 Å². The zero-order chi connectivity index (χ0) is 22.5. The van der Waals surface area contributed by atoms with E-state index in [9.17, 15) is 9.59 Å². The molecule has 0 unspecified atom stereocenters. The average molecular weight is 438 g/mol. The highest BCUT2D eigenvalue weighted by atomic mass is 16.5. The van der Waals surface area contributed by atoms with E-state index in [0.717, 1.165) is 30.1 Å². The molecule has 0 saturated carbocycles. The lowest BCUT2D eigenvalue weighted by Gasteiger charge is -2.37. The number of methoxy groups -OCH3 is 1. The van der Waals surface area contributed by atoms with E-state index in [1.807, 2.05) is 46.2 Å². The second-order valence-electron chi connectivity index (χ2n) is 8.21. The molecule has 0 aromatic heterocycles. The Hall–Kier alpha value is -3.26. The van der Waals surface area contributed by atoms with Gasteiger partial charge in [0.1, 0.15) is 5.75 Å². The Morgan fingerprint density at radius 2 is 1.62 bits per heavy atom. The minimum Gasteiger partial charge on any atom is -0.497 e. The monoisotopic (exact) mass is 437 g/mol. The van der Waals surface area contributed by atoms with Crippen LogP contribution in [0.3, 0.4) is 0 Å². The molecule has 0 bridgehead atoms. The summed E-state index contributed by atoms with van der Waals surface area (Å²) in [6, 6.07) is 13.2. The van der Waals surface area contributed by atoms with Crippen molar-refractivity contribution in [1.82, 2.24) is 15.1 Å². The number of rotatable bonds is 5. The van der Waals surface area contributed by atoms with Crippen LogP contribution in [0.15, 0.2) is 42.5 Å². The maximum Gasteiger partial charge on any atom is 0.254 e. The molecule has 2 aliphatic rings. The van der Waals surface area contributed by atoms with Crippen molar-refractivity contribution in [2.45, 2.75) is 6.42 Å². The van der Waals surface area contributed by atoms with Crippen LogP contribution in [0.1, 0.15) is 15.9 Å². The first-order chi connectivity index (χ1) is 15.5. The van der Waals surface area contributed by atoms with Crippen molar-refractivity contribution in [1.29, 1.82) is 0 Å². The number of anilines is 2. The van der Waals surface area contributed by atoms with E-state index in [0.29, 0.717) is 56.9 Å². The lowest BCUT2D eigenvalue weighted by atomic mass is 10.1. The number of nitrogens with two attached hydrogens (primary N) is 1. The topological polar surface area (TPSA) is 91.1 Å². The molecular formula is C24H31N5O3. The van der Waals surface area contributed by atoms with Gasteiger partial charge in [0.25, 0.3) is 5.91 Å². The van der Waals surface area contributed by atoms with E-state index in [1.165, 1.54) is 0 Å². The molecule has 170 valence electrons. The Morgan fingerprint density at radius 3 is 2.25 bits per heavy atom. The van der Waals surface area contributed by atoms with Gasteiger partial charge < -0.3 is 30.5 Å². The van der Waals surface area contributed by atoms with Crippen LogP contribution in [0, 0.1) is 0 Å². The van der Waals surface area contributed by atoms with Crippen LogP contribution < -0.4 is 20.7 Å². The standard InChI is InChI=1S/C24H31N5O3/c1-32-20-5-2-18(3-6-20)16-23(30)28-14-12-27(13-15-28)22-7-4-19(17-21(22)25)24(31)29-10-8-26-9-11-29/h2-7,17,26H,8-16,25H2,1H3. The summed E-state index contributed by atoms with van der Waals surface area (Å²) in [7, 11) is 1.63. The minimum absolute atomic E-state index is 0.0266. The highest BCUT2D eigenvalue weighted by molar-refractivity contribution is 5.96. The normalized spacial score (nSPS) is 16.7. The summed E-state index contributed by atoms with van der Waals surface area (Å²) in [5.74, 6) is 0.937. The lowest BCUT2D eigenvalue weighted by Crippen LogP contribution is -2.49. The summed E-state index contributed by atoms with van der Waals surface area (Å²) in [5.41, 5.74) is 9.45. The van der Waals surface area contributed by atoms with E-state index in [2.05, 4.69) is 10.2 Å². The number of hydrogen-bond acceptors (Lipinski definition) is 6. The summed E-state index contributed by atoms with van der Waals surface area (Å²) in [5, 5.41) is 3.26. The molecule has 0 radical (unpaired) electrons. The molecule has 2 saturated heterocycles. The smallest absolute Gasteiger partial charge is 0.254 e. The van der Waals surface area contributed by atoms with Gasteiger partial charge in [0.05, 0.1) is 24.9 Å². The van der Waals surface area contributed by atoms with Gasteiger partial charge in [-0.15, -0.1) is 0 Å². The van der Waals surface area contributed by atoms with E-state index in [4.69, 9.17) is 10.5 Å². The highest BCUT2D eigenvalue weighted by Crippen LogP contribution is 2.26. The van der Waals surface area contributed by atoms with Crippen molar-refractivity contribution in [3.8, 4) is 5.75 Å². The molecule has 2 aliphatic heterocycles. The molecule has 2 heterocycles. The van der Waals surface area contributed by atoms with Crippen LogP contribution in [0.25, 0.3) is 0 Å². The Balaban J connectivity index is 1.33.